The summed E-state index contributed by atoms with van der Waals surface area (Å²) in [5.41, 5.74) is 2.31. The lowest BCUT2D eigenvalue weighted by Gasteiger charge is -2.22. The van der Waals surface area contributed by atoms with Crippen LogP contribution in [0.5, 0.6) is 0 Å². The summed E-state index contributed by atoms with van der Waals surface area (Å²) >= 11 is 0. The maximum atomic E-state index is 13.0. The summed E-state index contributed by atoms with van der Waals surface area (Å²) in [6.07, 6.45) is 0.855. The number of aryl methyl sites for hydroxylation is 2. The van der Waals surface area contributed by atoms with Crippen molar-refractivity contribution in [3.63, 3.8) is 0 Å². The van der Waals surface area contributed by atoms with Gasteiger partial charge in [-0.1, -0.05) is 49.5 Å². The van der Waals surface area contributed by atoms with E-state index in [1.165, 1.54) is 0 Å². The average Bonchev–Trinajstić information content (AvgIpc) is 3.02. The van der Waals surface area contributed by atoms with Crippen LogP contribution < -0.4 is 0 Å². The predicted molar refractivity (Wildman–Crippen MR) is 144 cm³/mol. The highest BCUT2D eigenvalue weighted by Gasteiger charge is 2.45. The molecule has 2 rings (SSSR count). The Bertz CT molecular complexity index is 969. The number of carbonyl (C=O) groups is 2. The molecule has 3 atom stereocenters. The highest BCUT2D eigenvalue weighted by molar-refractivity contribution is 6.76. The van der Waals surface area contributed by atoms with Crippen LogP contribution in [0, 0.1) is 19.3 Å². The van der Waals surface area contributed by atoms with E-state index >= 15 is 0 Å². The fraction of sp³-hybridized carbons (Fsp3) is 0.643. The molecular weight excluding hydrogens is 476 g/mol. The second kappa shape index (κ2) is 11.6. The minimum Gasteiger partial charge on any atom is -0.462 e. The molecule has 0 saturated carbocycles. The molecule has 0 amide bonds. The molecule has 1 aromatic carbocycles. The topological polar surface area (TPSA) is 91.3 Å². The molecule has 7 nitrogen and oxygen atoms in total. The Morgan fingerprint density at radius 3 is 2.36 bits per heavy atom. The third-order valence-electron chi connectivity index (χ3n) is 5.82. The molecule has 0 radical (unpaired) electrons. The lowest BCUT2D eigenvalue weighted by atomic mass is 9.97. The first-order chi connectivity index (χ1) is 16.4. The first kappa shape index (κ1) is 30.2. The Labute approximate surface area is 217 Å². The number of ether oxygens (including phenoxy) is 4. The molecule has 0 bridgehead atoms. The van der Waals surface area contributed by atoms with Gasteiger partial charge in [-0.15, -0.1) is 0 Å². The van der Waals surface area contributed by atoms with E-state index in [2.05, 4.69) is 19.6 Å². The van der Waals surface area contributed by atoms with Crippen LogP contribution in [-0.2, 0) is 23.7 Å². The molecule has 8 heteroatoms. The maximum Gasteiger partial charge on any atom is 0.338 e. The van der Waals surface area contributed by atoms with Crippen molar-refractivity contribution in [1.29, 1.82) is 0 Å². The number of hydrogen-bond acceptors (Lipinski definition) is 7. The molecule has 1 N–H and O–H groups in total. The Balaban J connectivity index is 2.21. The Hall–Kier alpha value is -2.00. The molecule has 1 heterocycles. The van der Waals surface area contributed by atoms with E-state index in [-0.39, 0.29) is 18.5 Å². The van der Waals surface area contributed by atoms with Crippen molar-refractivity contribution in [1.82, 2.24) is 0 Å². The standard InChI is InChI=1S/C28H44O7Si/c1-18-15-19(2)23(25(30)32-13-14-36(8,9)10)20(16-18)11-12-21(29)24-22(34-28(6,7)35-24)17-33-26(31)27(3,4)5/h11-12,15-16,21-22,24,29H,13-14,17H2,1-10H3/b12-11+/t21?,22?,24-/m0/s1. The Kier molecular flexibility index (Phi) is 9.73. The van der Waals surface area contributed by atoms with Gasteiger partial charge in [-0.25, -0.2) is 4.79 Å². The van der Waals surface area contributed by atoms with Crippen LogP contribution in [0.15, 0.2) is 18.2 Å². The van der Waals surface area contributed by atoms with E-state index in [0.29, 0.717) is 17.7 Å². The Morgan fingerprint density at radius 1 is 1.14 bits per heavy atom. The van der Waals surface area contributed by atoms with Gasteiger partial charge >= 0.3 is 11.9 Å². The first-order valence-electron chi connectivity index (χ1n) is 12.6. The van der Waals surface area contributed by atoms with E-state index in [4.69, 9.17) is 18.9 Å². The van der Waals surface area contributed by atoms with Gasteiger partial charge in [0, 0.05) is 8.07 Å². The van der Waals surface area contributed by atoms with E-state index in [1.54, 1.807) is 46.8 Å². The zero-order valence-corrected chi connectivity index (χ0v) is 24.6. The quantitative estimate of drug-likeness (QED) is 0.350. The van der Waals surface area contributed by atoms with Gasteiger partial charge in [0.05, 0.1) is 17.6 Å². The molecular formula is C28H44O7Si. The normalized spacial score (nSPS) is 21.0. The molecule has 2 unspecified atom stereocenters. The van der Waals surface area contributed by atoms with Crippen LogP contribution in [-0.4, -0.2) is 62.4 Å². The molecule has 1 saturated heterocycles. The van der Waals surface area contributed by atoms with Gasteiger partial charge in [-0.3, -0.25) is 4.79 Å². The lowest BCUT2D eigenvalue weighted by Crippen LogP contribution is -2.38. The zero-order chi connectivity index (χ0) is 27.5. The van der Waals surface area contributed by atoms with Crippen molar-refractivity contribution < 1.29 is 33.6 Å². The summed E-state index contributed by atoms with van der Waals surface area (Å²) in [4.78, 5) is 25.2. The minimum absolute atomic E-state index is 0.0344. The van der Waals surface area contributed by atoms with Gasteiger partial charge in [0.2, 0.25) is 0 Å². The zero-order valence-electron chi connectivity index (χ0n) is 23.6. The number of aliphatic hydroxyl groups is 1. The fourth-order valence-electron chi connectivity index (χ4n) is 3.90. The summed E-state index contributed by atoms with van der Waals surface area (Å²) < 4.78 is 22.9. The largest absolute Gasteiger partial charge is 0.462 e. The van der Waals surface area contributed by atoms with Crippen LogP contribution >= 0.6 is 0 Å². The van der Waals surface area contributed by atoms with Crippen LogP contribution in [0.3, 0.4) is 0 Å². The molecule has 0 aliphatic carbocycles. The molecule has 36 heavy (non-hydrogen) atoms. The average molecular weight is 521 g/mol. The molecule has 202 valence electrons. The maximum absolute atomic E-state index is 13.0. The number of rotatable bonds is 9. The number of esters is 2. The summed E-state index contributed by atoms with van der Waals surface area (Å²) in [6, 6.07) is 4.73. The SMILES string of the molecule is Cc1cc(C)c(C(=O)OCC[Si](C)(C)C)c(/C=C/C(O)[C@@H]2OC(C)(C)OC2COC(=O)C(C)(C)C)c1. The van der Waals surface area contributed by atoms with Crippen molar-refractivity contribution in [2.45, 2.75) is 98.3 Å². The van der Waals surface area contributed by atoms with Crippen LogP contribution in [0.2, 0.25) is 25.7 Å². The van der Waals surface area contributed by atoms with Gasteiger partial charge in [-0.05, 0) is 65.6 Å². The van der Waals surface area contributed by atoms with E-state index in [9.17, 15) is 14.7 Å². The summed E-state index contributed by atoms with van der Waals surface area (Å²) in [7, 11) is -1.33. The van der Waals surface area contributed by atoms with Crippen LogP contribution in [0.1, 0.15) is 61.7 Å². The number of carbonyl (C=O) groups excluding carboxylic acids is 2. The van der Waals surface area contributed by atoms with Gasteiger partial charge < -0.3 is 24.1 Å². The van der Waals surface area contributed by atoms with Crippen molar-refractivity contribution in [2.75, 3.05) is 13.2 Å². The van der Waals surface area contributed by atoms with E-state index in [1.807, 2.05) is 26.0 Å². The third-order valence-corrected chi connectivity index (χ3v) is 7.53. The molecule has 0 aromatic heterocycles. The second-order valence-electron chi connectivity index (χ2n) is 12.3. The molecule has 1 aliphatic rings. The Morgan fingerprint density at radius 2 is 1.78 bits per heavy atom. The predicted octanol–water partition coefficient (Wildman–Crippen LogP) is 5.28. The van der Waals surface area contributed by atoms with Crippen molar-refractivity contribution in [2.24, 2.45) is 5.41 Å². The molecule has 0 spiro atoms. The summed E-state index contributed by atoms with van der Waals surface area (Å²) in [6.45, 7) is 19.7. The second-order valence-corrected chi connectivity index (χ2v) is 18.0. The third kappa shape index (κ3) is 8.83. The number of hydrogen-bond donors (Lipinski definition) is 1. The van der Waals surface area contributed by atoms with Gasteiger partial charge in [0.25, 0.3) is 0 Å². The lowest BCUT2D eigenvalue weighted by molar-refractivity contribution is -0.166. The fourth-order valence-corrected chi connectivity index (χ4v) is 4.61. The van der Waals surface area contributed by atoms with Crippen molar-refractivity contribution in [3.05, 3.63) is 40.5 Å². The minimum atomic E-state index is -1.33. The highest BCUT2D eigenvalue weighted by Crippen LogP contribution is 2.31. The number of aliphatic hydroxyl groups excluding tert-OH is 1. The number of benzene rings is 1. The van der Waals surface area contributed by atoms with Gasteiger partial charge in [-0.2, -0.15) is 0 Å². The van der Waals surface area contributed by atoms with Crippen LogP contribution in [0.25, 0.3) is 6.08 Å². The van der Waals surface area contributed by atoms with Crippen molar-refractivity contribution in [3.8, 4) is 0 Å². The molecule has 1 fully saturated rings. The molecule has 1 aromatic rings. The van der Waals surface area contributed by atoms with Crippen LogP contribution in [0.4, 0.5) is 0 Å². The molecule has 1 aliphatic heterocycles. The van der Waals surface area contributed by atoms with Crippen molar-refractivity contribution >= 4 is 26.1 Å². The first-order valence-corrected chi connectivity index (χ1v) is 16.3. The van der Waals surface area contributed by atoms with Gasteiger partial charge in [0.1, 0.15) is 24.9 Å². The van der Waals surface area contributed by atoms with Gasteiger partial charge in [0.15, 0.2) is 5.79 Å². The van der Waals surface area contributed by atoms with E-state index in [0.717, 1.165) is 17.2 Å². The summed E-state index contributed by atoms with van der Waals surface area (Å²) in [5.74, 6) is -1.66. The van der Waals surface area contributed by atoms with E-state index < -0.39 is 37.6 Å². The highest BCUT2D eigenvalue weighted by atomic mass is 28.3. The monoisotopic (exact) mass is 520 g/mol. The smallest absolute Gasteiger partial charge is 0.338 e. The summed E-state index contributed by atoms with van der Waals surface area (Å²) in [5, 5.41) is 11.0.